The number of benzene rings is 1. The summed E-state index contributed by atoms with van der Waals surface area (Å²) in [6, 6.07) is 3.75. The highest BCUT2D eigenvalue weighted by Gasteiger charge is 2.21. The highest BCUT2D eigenvalue weighted by Crippen LogP contribution is 2.23. The summed E-state index contributed by atoms with van der Waals surface area (Å²) in [4.78, 5) is 11.0. The summed E-state index contributed by atoms with van der Waals surface area (Å²) in [5.41, 5.74) is 0.200. The van der Waals surface area contributed by atoms with Gasteiger partial charge in [-0.2, -0.15) is 0 Å². The highest BCUT2D eigenvalue weighted by atomic mass is 32.2. The zero-order chi connectivity index (χ0) is 17.5. The van der Waals surface area contributed by atoms with Crippen LogP contribution in [0.1, 0.15) is 17.3 Å². The fourth-order valence-electron chi connectivity index (χ4n) is 1.91. The van der Waals surface area contributed by atoms with Crippen LogP contribution in [-0.2, 0) is 19.5 Å². The average molecular weight is 346 g/mol. The van der Waals surface area contributed by atoms with Crippen molar-refractivity contribution in [3.63, 3.8) is 0 Å². The van der Waals surface area contributed by atoms with E-state index in [-0.39, 0.29) is 29.7 Å². The third-order valence-corrected chi connectivity index (χ3v) is 4.44. The lowest BCUT2D eigenvalue weighted by molar-refractivity contribution is 0.0696. The molecule has 0 aliphatic rings. The molecule has 23 heavy (non-hydrogen) atoms. The summed E-state index contributed by atoms with van der Waals surface area (Å²) in [7, 11) is -0.882. The fraction of sp³-hybridized carbons (Fsp3) is 0.500. The van der Waals surface area contributed by atoms with Crippen LogP contribution in [0.4, 0.5) is 5.69 Å². The van der Waals surface area contributed by atoms with Crippen molar-refractivity contribution in [2.45, 2.75) is 17.9 Å². The Bertz CT molecular complexity index is 632. The molecule has 0 saturated carbocycles. The molecule has 0 aliphatic carbocycles. The molecule has 0 saturated heterocycles. The largest absolute Gasteiger partial charge is 0.478 e. The molecule has 0 fully saturated rings. The molecule has 9 heteroatoms. The van der Waals surface area contributed by atoms with Gasteiger partial charge in [-0.15, -0.1) is 0 Å². The predicted molar refractivity (Wildman–Crippen MR) is 85.4 cm³/mol. The van der Waals surface area contributed by atoms with Crippen LogP contribution in [0, 0.1) is 0 Å². The third kappa shape index (κ3) is 5.79. The van der Waals surface area contributed by atoms with Gasteiger partial charge in [-0.25, -0.2) is 17.9 Å². The van der Waals surface area contributed by atoms with E-state index >= 15 is 0 Å². The van der Waals surface area contributed by atoms with Gasteiger partial charge in [-0.1, -0.05) is 0 Å². The van der Waals surface area contributed by atoms with Crippen LogP contribution in [0.15, 0.2) is 23.1 Å². The van der Waals surface area contributed by atoms with Crippen molar-refractivity contribution < 1.29 is 27.8 Å². The van der Waals surface area contributed by atoms with E-state index in [9.17, 15) is 13.2 Å². The average Bonchev–Trinajstić information content (AvgIpc) is 2.47. The lowest BCUT2D eigenvalue weighted by Gasteiger charge is -2.18. The second-order valence-electron chi connectivity index (χ2n) is 4.91. The summed E-state index contributed by atoms with van der Waals surface area (Å²) in [6.45, 7) is 2.49. The smallest absolute Gasteiger partial charge is 0.335 e. The summed E-state index contributed by atoms with van der Waals surface area (Å²) >= 11 is 0. The Hall–Kier alpha value is -1.68. The monoisotopic (exact) mass is 346 g/mol. The Morgan fingerprint density at radius 3 is 2.57 bits per heavy atom. The summed E-state index contributed by atoms with van der Waals surface area (Å²) < 4.78 is 37.0. The number of sulfonamides is 1. The van der Waals surface area contributed by atoms with E-state index < -0.39 is 16.0 Å². The molecule has 0 radical (unpaired) electrons. The van der Waals surface area contributed by atoms with Crippen LogP contribution < -0.4 is 10.0 Å². The maximum absolute atomic E-state index is 12.4. The van der Waals surface area contributed by atoms with Crippen LogP contribution in [0.25, 0.3) is 0 Å². The molecule has 1 atom stereocenters. The summed E-state index contributed by atoms with van der Waals surface area (Å²) in [5, 5.41) is 12.1. The second-order valence-corrected chi connectivity index (χ2v) is 6.64. The van der Waals surface area contributed by atoms with Gasteiger partial charge in [0.05, 0.1) is 24.5 Å². The standard InChI is InChI=1S/C14H22N2O6S/c1-10(9-22-3)16-12-5-4-11(14(17)18)8-13(12)23(19,20)15-6-7-21-2/h4-5,8,10,15-16H,6-7,9H2,1-3H3,(H,17,18). The number of ether oxygens (including phenoxy) is 2. The van der Waals surface area contributed by atoms with E-state index in [1.54, 1.807) is 0 Å². The summed E-state index contributed by atoms with van der Waals surface area (Å²) in [5.74, 6) is -1.20. The Kier molecular flexibility index (Phi) is 7.43. The first-order valence-electron chi connectivity index (χ1n) is 6.93. The first-order valence-corrected chi connectivity index (χ1v) is 8.41. The predicted octanol–water partition coefficient (Wildman–Crippen LogP) is 0.756. The van der Waals surface area contributed by atoms with E-state index in [0.29, 0.717) is 12.3 Å². The van der Waals surface area contributed by atoms with Crippen LogP contribution in [0.3, 0.4) is 0 Å². The maximum atomic E-state index is 12.4. The molecule has 0 bridgehead atoms. The lowest BCUT2D eigenvalue weighted by Crippen LogP contribution is -2.29. The SMILES string of the molecule is COCCNS(=O)(=O)c1cc(C(=O)O)ccc1NC(C)COC. The van der Waals surface area contributed by atoms with Crippen molar-refractivity contribution >= 4 is 21.7 Å². The van der Waals surface area contributed by atoms with Gasteiger partial charge in [0.1, 0.15) is 4.90 Å². The van der Waals surface area contributed by atoms with E-state index in [0.717, 1.165) is 6.07 Å². The number of carbonyl (C=O) groups is 1. The molecule has 1 rings (SSSR count). The molecule has 0 spiro atoms. The zero-order valence-electron chi connectivity index (χ0n) is 13.3. The number of carboxylic acids is 1. The minimum atomic E-state index is -3.88. The highest BCUT2D eigenvalue weighted by molar-refractivity contribution is 7.89. The number of nitrogens with one attached hydrogen (secondary N) is 2. The van der Waals surface area contributed by atoms with E-state index in [1.165, 1.54) is 26.4 Å². The topological polar surface area (TPSA) is 114 Å². The first-order chi connectivity index (χ1) is 10.8. The van der Waals surface area contributed by atoms with Gasteiger partial charge in [0.2, 0.25) is 10.0 Å². The molecule has 0 aromatic heterocycles. The van der Waals surface area contributed by atoms with Crippen LogP contribution >= 0.6 is 0 Å². The molecule has 8 nitrogen and oxygen atoms in total. The van der Waals surface area contributed by atoms with Gasteiger partial charge < -0.3 is 19.9 Å². The van der Waals surface area contributed by atoms with Gasteiger partial charge in [-0.05, 0) is 25.1 Å². The van der Waals surface area contributed by atoms with Crippen molar-refractivity contribution in [2.24, 2.45) is 0 Å². The molecule has 0 heterocycles. The maximum Gasteiger partial charge on any atom is 0.335 e. The van der Waals surface area contributed by atoms with Crippen molar-refractivity contribution in [1.82, 2.24) is 4.72 Å². The Morgan fingerprint density at radius 2 is 2.00 bits per heavy atom. The van der Waals surface area contributed by atoms with Crippen molar-refractivity contribution in [3.05, 3.63) is 23.8 Å². The van der Waals surface area contributed by atoms with Crippen molar-refractivity contribution in [1.29, 1.82) is 0 Å². The van der Waals surface area contributed by atoms with E-state index in [4.69, 9.17) is 14.6 Å². The van der Waals surface area contributed by atoms with E-state index in [1.807, 2.05) is 6.92 Å². The number of carboxylic acid groups (broad SMARTS) is 1. The van der Waals surface area contributed by atoms with Gasteiger partial charge >= 0.3 is 5.97 Å². The molecule has 0 aliphatic heterocycles. The zero-order valence-corrected chi connectivity index (χ0v) is 14.1. The third-order valence-electron chi connectivity index (χ3n) is 2.93. The molecular formula is C14H22N2O6S. The molecular weight excluding hydrogens is 324 g/mol. The second kappa shape index (κ2) is 8.82. The first kappa shape index (κ1) is 19.4. The lowest BCUT2D eigenvalue weighted by atomic mass is 10.2. The van der Waals surface area contributed by atoms with Gasteiger partial charge in [-0.3, -0.25) is 0 Å². The number of rotatable bonds is 10. The molecule has 130 valence electrons. The Labute approximate surface area is 135 Å². The number of aromatic carboxylic acids is 1. The molecule has 0 amide bonds. The Morgan fingerprint density at radius 1 is 1.30 bits per heavy atom. The molecule has 1 aromatic rings. The van der Waals surface area contributed by atoms with E-state index in [2.05, 4.69) is 10.0 Å². The number of hydrogen-bond donors (Lipinski definition) is 3. The van der Waals surface area contributed by atoms with Gasteiger partial charge in [0, 0.05) is 26.8 Å². The number of anilines is 1. The van der Waals surface area contributed by atoms with Crippen LogP contribution in [0.2, 0.25) is 0 Å². The number of methoxy groups -OCH3 is 2. The molecule has 3 N–H and O–H groups in total. The molecule has 1 aromatic carbocycles. The quantitative estimate of drug-likeness (QED) is 0.536. The van der Waals surface area contributed by atoms with Crippen molar-refractivity contribution in [2.75, 3.05) is 39.3 Å². The minimum absolute atomic E-state index is 0.0865. The minimum Gasteiger partial charge on any atom is -0.478 e. The van der Waals surface area contributed by atoms with Gasteiger partial charge in [0.15, 0.2) is 0 Å². The summed E-state index contributed by atoms with van der Waals surface area (Å²) in [6.07, 6.45) is 0. The fourth-order valence-corrected chi connectivity index (χ4v) is 3.12. The van der Waals surface area contributed by atoms with Gasteiger partial charge in [0.25, 0.3) is 0 Å². The normalized spacial score (nSPS) is 12.8. The molecule has 1 unspecified atom stereocenters. The number of hydrogen-bond acceptors (Lipinski definition) is 6. The van der Waals surface area contributed by atoms with Crippen LogP contribution in [0.5, 0.6) is 0 Å². The Balaban J connectivity index is 3.17. The van der Waals surface area contributed by atoms with Crippen molar-refractivity contribution in [3.8, 4) is 0 Å². The van der Waals surface area contributed by atoms with Crippen LogP contribution in [-0.4, -0.2) is 59.5 Å².